The van der Waals surface area contributed by atoms with E-state index in [-0.39, 0.29) is 22.6 Å². The van der Waals surface area contributed by atoms with Gasteiger partial charge in [-0.15, -0.1) is 0 Å². The Morgan fingerprint density at radius 3 is 2.50 bits per heavy atom. The Morgan fingerprint density at radius 1 is 1.14 bits per heavy atom. The lowest BCUT2D eigenvalue weighted by Crippen LogP contribution is -2.22. The van der Waals surface area contributed by atoms with Crippen molar-refractivity contribution in [2.75, 3.05) is 18.1 Å². The van der Waals surface area contributed by atoms with E-state index in [1.165, 1.54) is 10.6 Å². The minimum Gasteiger partial charge on any atom is -0.454 e. The van der Waals surface area contributed by atoms with E-state index in [4.69, 9.17) is 15.9 Å². The highest BCUT2D eigenvalue weighted by Crippen LogP contribution is 2.39. The fraction of sp³-hybridized carbons (Fsp3) is 0.100. The van der Waals surface area contributed by atoms with E-state index in [1.807, 2.05) is 0 Å². The predicted molar refractivity (Wildman–Crippen MR) is 105 cm³/mol. The minimum atomic E-state index is -0.850. The molecule has 0 spiro atoms. The molecule has 0 unspecified atom stereocenters. The summed E-state index contributed by atoms with van der Waals surface area (Å²) < 4.78 is 34.2. The lowest BCUT2D eigenvalue weighted by atomic mass is 10.0. The Kier molecular flexibility index (Phi) is 5.12. The summed E-state index contributed by atoms with van der Waals surface area (Å²) in [7, 11) is 3.18. The summed E-state index contributed by atoms with van der Waals surface area (Å²) >= 11 is 0. The Bertz CT molecular complexity index is 1130. The Balaban J connectivity index is 2.23. The number of nitrogens with zero attached hydrogens (tertiary/aromatic N) is 1. The summed E-state index contributed by atoms with van der Waals surface area (Å²) in [6, 6.07) is 7.76. The number of rotatable bonds is 5. The number of ether oxygens (including phenoxy) is 1. The van der Waals surface area contributed by atoms with Crippen molar-refractivity contribution in [3.8, 4) is 22.6 Å². The first-order valence-corrected chi connectivity index (χ1v) is 8.30. The molecule has 6 nitrogen and oxygen atoms in total. The Hall–Kier alpha value is -3.68. The van der Waals surface area contributed by atoms with Crippen LogP contribution in [-0.2, 0) is 7.05 Å². The number of anilines is 2. The second-order valence-electron chi connectivity index (χ2n) is 6.07. The third kappa shape index (κ3) is 3.44. The topological polar surface area (TPSA) is 93.1 Å². The number of hydrogen-bond donors (Lipinski definition) is 3. The largest absolute Gasteiger partial charge is 0.454 e. The molecule has 3 rings (SSSR count). The van der Waals surface area contributed by atoms with E-state index >= 15 is 0 Å². The van der Waals surface area contributed by atoms with Gasteiger partial charge in [0.05, 0.1) is 11.3 Å². The van der Waals surface area contributed by atoms with Crippen LogP contribution in [0.3, 0.4) is 0 Å². The van der Waals surface area contributed by atoms with Gasteiger partial charge in [0, 0.05) is 49.4 Å². The standard InChI is InChI=1S/C20H18F2N4O2/c1-25-19-14(9-23)20(27)26(2)10-15(19)13-8-12(24)4-6-17(13)28-18-5-3-11(21)7-16(18)22/h3-10,23,25H,24H2,1-2H3. The number of hydrogen-bond acceptors (Lipinski definition) is 5. The number of nitrogens with one attached hydrogen (secondary N) is 2. The second-order valence-corrected chi connectivity index (χ2v) is 6.07. The van der Waals surface area contributed by atoms with Crippen molar-refractivity contribution in [3.05, 3.63) is 70.1 Å². The van der Waals surface area contributed by atoms with Gasteiger partial charge in [-0.3, -0.25) is 4.79 Å². The van der Waals surface area contributed by atoms with Gasteiger partial charge in [0.25, 0.3) is 5.56 Å². The Labute approximate surface area is 159 Å². The minimum absolute atomic E-state index is 0.156. The smallest absolute Gasteiger partial charge is 0.261 e. The normalized spacial score (nSPS) is 10.6. The molecule has 0 fully saturated rings. The molecular formula is C20H18F2N4O2. The van der Waals surface area contributed by atoms with E-state index in [9.17, 15) is 13.6 Å². The molecule has 0 aliphatic carbocycles. The van der Waals surface area contributed by atoms with Crippen molar-refractivity contribution in [1.82, 2.24) is 4.57 Å². The summed E-state index contributed by atoms with van der Waals surface area (Å²) in [5.41, 5.74) is 7.58. The summed E-state index contributed by atoms with van der Waals surface area (Å²) in [5, 5.41) is 10.5. The molecule has 4 N–H and O–H groups in total. The van der Waals surface area contributed by atoms with E-state index in [0.29, 0.717) is 22.5 Å². The van der Waals surface area contributed by atoms with Gasteiger partial charge in [-0.1, -0.05) is 0 Å². The maximum Gasteiger partial charge on any atom is 0.261 e. The molecule has 0 saturated heterocycles. The molecule has 0 radical (unpaired) electrons. The van der Waals surface area contributed by atoms with Gasteiger partial charge in [0.2, 0.25) is 0 Å². The van der Waals surface area contributed by atoms with Crippen LogP contribution >= 0.6 is 0 Å². The molecule has 0 bridgehead atoms. The lowest BCUT2D eigenvalue weighted by Gasteiger charge is -2.18. The average Bonchev–Trinajstić information content (AvgIpc) is 2.66. The number of halogens is 2. The molecule has 1 heterocycles. The van der Waals surface area contributed by atoms with Crippen LogP contribution in [0.5, 0.6) is 11.5 Å². The monoisotopic (exact) mass is 384 g/mol. The highest BCUT2D eigenvalue weighted by atomic mass is 19.1. The molecule has 28 heavy (non-hydrogen) atoms. The van der Waals surface area contributed by atoms with Crippen molar-refractivity contribution in [2.45, 2.75) is 0 Å². The van der Waals surface area contributed by atoms with Gasteiger partial charge in [0.15, 0.2) is 11.6 Å². The van der Waals surface area contributed by atoms with Crippen LogP contribution in [0, 0.1) is 17.0 Å². The van der Waals surface area contributed by atoms with E-state index in [1.54, 1.807) is 38.5 Å². The molecule has 0 aliphatic heterocycles. The SMILES string of the molecule is CNc1c(-c2cc(N)ccc2Oc2ccc(F)cc2F)cn(C)c(=O)c1C=N. The van der Waals surface area contributed by atoms with Crippen molar-refractivity contribution in [3.63, 3.8) is 0 Å². The first kappa shape index (κ1) is 19.1. The van der Waals surface area contributed by atoms with Crippen molar-refractivity contribution in [2.24, 2.45) is 7.05 Å². The zero-order chi connectivity index (χ0) is 20.4. The van der Waals surface area contributed by atoms with Crippen LogP contribution in [0.1, 0.15) is 5.56 Å². The first-order chi connectivity index (χ1) is 13.3. The van der Waals surface area contributed by atoms with E-state index in [2.05, 4.69) is 5.32 Å². The maximum absolute atomic E-state index is 14.1. The van der Waals surface area contributed by atoms with Crippen LogP contribution in [0.2, 0.25) is 0 Å². The zero-order valence-corrected chi connectivity index (χ0v) is 15.2. The number of nitrogen functional groups attached to an aromatic ring is 1. The van der Waals surface area contributed by atoms with Crippen molar-refractivity contribution in [1.29, 1.82) is 5.41 Å². The predicted octanol–water partition coefficient (Wildman–Crippen LogP) is 3.74. The van der Waals surface area contributed by atoms with Crippen LogP contribution in [0.4, 0.5) is 20.2 Å². The van der Waals surface area contributed by atoms with E-state index < -0.39 is 11.6 Å². The van der Waals surface area contributed by atoms with E-state index in [0.717, 1.165) is 18.3 Å². The van der Waals surface area contributed by atoms with Gasteiger partial charge in [-0.2, -0.15) is 0 Å². The molecular weight excluding hydrogens is 366 g/mol. The van der Waals surface area contributed by atoms with Crippen LogP contribution in [-0.4, -0.2) is 17.8 Å². The van der Waals surface area contributed by atoms with Crippen LogP contribution < -0.4 is 21.3 Å². The lowest BCUT2D eigenvalue weighted by molar-refractivity contribution is 0.439. The number of nitrogens with two attached hydrogens (primary N) is 1. The third-order valence-corrected chi connectivity index (χ3v) is 4.21. The zero-order valence-electron chi connectivity index (χ0n) is 15.2. The molecule has 0 atom stereocenters. The Morgan fingerprint density at radius 2 is 1.86 bits per heavy atom. The maximum atomic E-state index is 14.1. The second kappa shape index (κ2) is 7.51. The molecule has 3 aromatic rings. The molecule has 2 aromatic carbocycles. The fourth-order valence-electron chi connectivity index (χ4n) is 2.89. The quantitative estimate of drug-likeness (QED) is 0.461. The molecule has 1 aromatic heterocycles. The number of benzene rings is 2. The molecule has 0 aliphatic rings. The fourth-order valence-corrected chi connectivity index (χ4v) is 2.89. The van der Waals surface area contributed by atoms with Gasteiger partial charge in [-0.25, -0.2) is 8.78 Å². The van der Waals surface area contributed by atoms with Crippen molar-refractivity contribution >= 4 is 17.6 Å². The van der Waals surface area contributed by atoms with Gasteiger partial charge < -0.3 is 25.8 Å². The molecule has 8 heteroatoms. The molecule has 0 saturated carbocycles. The van der Waals surface area contributed by atoms with Crippen LogP contribution in [0.15, 0.2) is 47.4 Å². The average molecular weight is 384 g/mol. The molecule has 144 valence electrons. The first-order valence-electron chi connectivity index (χ1n) is 8.30. The van der Waals surface area contributed by atoms with Gasteiger partial charge in [-0.05, 0) is 30.3 Å². The highest BCUT2D eigenvalue weighted by Gasteiger charge is 2.18. The third-order valence-electron chi connectivity index (χ3n) is 4.21. The van der Waals surface area contributed by atoms with Gasteiger partial charge in [0.1, 0.15) is 11.6 Å². The number of pyridine rings is 1. The summed E-state index contributed by atoms with van der Waals surface area (Å²) in [6.07, 6.45) is 2.54. The number of aryl methyl sites for hydroxylation is 1. The van der Waals surface area contributed by atoms with Crippen LogP contribution in [0.25, 0.3) is 11.1 Å². The van der Waals surface area contributed by atoms with Crippen molar-refractivity contribution < 1.29 is 13.5 Å². The summed E-state index contributed by atoms with van der Waals surface area (Å²) in [5.74, 6) is -1.47. The van der Waals surface area contributed by atoms with Gasteiger partial charge >= 0.3 is 0 Å². The molecule has 0 amide bonds. The number of aromatic nitrogens is 1. The highest BCUT2D eigenvalue weighted by molar-refractivity contribution is 5.94. The summed E-state index contributed by atoms with van der Waals surface area (Å²) in [6.45, 7) is 0. The summed E-state index contributed by atoms with van der Waals surface area (Å²) in [4.78, 5) is 12.3.